The van der Waals surface area contributed by atoms with E-state index < -0.39 is 96.1 Å². The lowest BCUT2D eigenvalue weighted by Gasteiger charge is -2.35. The van der Waals surface area contributed by atoms with E-state index in [0.29, 0.717) is 15.6 Å². The summed E-state index contributed by atoms with van der Waals surface area (Å²) in [6.07, 6.45) is -5.76. The number of halogens is 2. The SMILES string of the molecule is CC(C)CC1C(=O)OC(Cc2ccccc2Br)C(=O)N(C)C(CC(C)C)C(=O)OC(C)C(=O)N(C)C(CC(C)C)C(=O)OC(Cc2ccc(Br)cc2)C(=O)N(C)C(CC(C)C)C(=O)OC(C)C(=O)N1C. The van der Waals surface area contributed by atoms with E-state index in [9.17, 15) is 38.4 Å². The highest BCUT2D eigenvalue weighted by atomic mass is 79.9. The van der Waals surface area contributed by atoms with E-state index in [2.05, 4.69) is 31.9 Å². The van der Waals surface area contributed by atoms with Gasteiger partial charge in [-0.05, 0) is 92.5 Å². The highest BCUT2D eigenvalue weighted by Gasteiger charge is 2.43. The Morgan fingerprint density at radius 3 is 1.10 bits per heavy atom. The summed E-state index contributed by atoms with van der Waals surface area (Å²) in [5.74, 6) is -7.28. The predicted octanol–water partition coefficient (Wildman–Crippen LogP) is 7.19. The number of hydrogen-bond acceptors (Lipinski definition) is 12. The Bertz CT molecular complexity index is 2130. The van der Waals surface area contributed by atoms with Crippen LogP contribution in [0.2, 0.25) is 0 Å². The van der Waals surface area contributed by atoms with Crippen molar-refractivity contribution in [2.75, 3.05) is 28.2 Å². The lowest BCUT2D eigenvalue weighted by molar-refractivity contribution is -0.176. The second kappa shape index (κ2) is 27.1. The third-order valence-corrected chi connectivity index (χ3v) is 13.5. The number of ether oxygens (including phenoxy) is 4. The highest BCUT2D eigenvalue weighted by molar-refractivity contribution is 9.10. The number of esters is 4. The predicted molar refractivity (Wildman–Crippen MR) is 271 cm³/mol. The average Bonchev–Trinajstić information content (AvgIpc) is 3.29. The second-order valence-electron chi connectivity index (χ2n) is 20.0. The molecule has 0 bridgehead atoms. The van der Waals surface area contributed by atoms with Crippen LogP contribution in [0.25, 0.3) is 0 Å². The first kappa shape index (κ1) is 59.5. The maximum absolute atomic E-state index is 14.7. The molecule has 0 radical (unpaired) electrons. The molecule has 2 aromatic carbocycles. The van der Waals surface area contributed by atoms with Gasteiger partial charge in [0.05, 0.1) is 0 Å². The van der Waals surface area contributed by atoms with Crippen molar-refractivity contribution in [3.63, 3.8) is 0 Å². The van der Waals surface area contributed by atoms with Crippen LogP contribution in [-0.2, 0) is 70.1 Å². The van der Waals surface area contributed by atoms with Crippen LogP contribution < -0.4 is 0 Å². The highest BCUT2D eigenvalue weighted by Crippen LogP contribution is 2.26. The van der Waals surface area contributed by atoms with Gasteiger partial charge in [0.1, 0.15) is 24.2 Å². The lowest BCUT2D eigenvalue weighted by Crippen LogP contribution is -2.55. The van der Waals surface area contributed by atoms with Gasteiger partial charge in [0.15, 0.2) is 24.4 Å². The number of cyclic esters (lactones) is 4. The smallest absolute Gasteiger partial charge is 0.329 e. The van der Waals surface area contributed by atoms with Gasteiger partial charge in [0, 0.05) is 50.0 Å². The molecule has 1 aliphatic heterocycles. The molecule has 0 N–H and O–H groups in total. The minimum atomic E-state index is -1.51. The first-order chi connectivity index (χ1) is 32.6. The molecule has 18 heteroatoms. The van der Waals surface area contributed by atoms with Crippen molar-refractivity contribution in [3.05, 3.63) is 68.6 Å². The van der Waals surface area contributed by atoms with E-state index in [0.717, 1.165) is 24.1 Å². The molecule has 0 saturated carbocycles. The summed E-state index contributed by atoms with van der Waals surface area (Å²) in [7, 11) is 5.54. The molecule has 70 heavy (non-hydrogen) atoms. The van der Waals surface area contributed by atoms with Gasteiger partial charge in [0.2, 0.25) is 0 Å². The van der Waals surface area contributed by atoms with Crippen LogP contribution in [0, 0.1) is 23.7 Å². The first-order valence-electron chi connectivity index (χ1n) is 24.0. The van der Waals surface area contributed by atoms with Crippen molar-refractivity contribution >= 4 is 79.4 Å². The molecule has 4 amide bonds. The van der Waals surface area contributed by atoms with E-state index in [-0.39, 0.29) is 62.2 Å². The number of likely N-dealkylation sites (N-methyl/N-ethyl adjacent to an activating group) is 4. The number of rotatable bonds is 12. The molecule has 1 aliphatic rings. The lowest BCUT2D eigenvalue weighted by atomic mass is 10.00. The monoisotopic (exact) mass is 1100 g/mol. The van der Waals surface area contributed by atoms with E-state index in [4.69, 9.17) is 18.9 Å². The normalized spacial score (nSPS) is 24.9. The molecule has 8 atom stereocenters. The molecule has 388 valence electrons. The molecule has 0 aliphatic carbocycles. The fourth-order valence-corrected chi connectivity index (χ4v) is 8.89. The molecule has 16 nitrogen and oxygen atoms in total. The number of amides is 4. The second-order valence-corrected chi connectivity index (χ2v) is 21.8. The van der Waals surface area contributed by atoms with Crippen LogP contribution in [0.15, 0.2) is 57.5 Å². The standard InChI is InChI=1S/C52H74Br2N4O12/c1-29(2)23-39-49(63)67-34(10)46(60)56(12)42(26-32(7)8)52(66)70-44(28-36-17-15-16-18-38(36)54)48(62)58(14)40(24-30(3)4)50(64)68-33(9)45(59)55(11)41(25-31(5)6)51(65)69-43(47(61)57(39)13)27-35-19-21-37(53)22-20-35/h15-22,29-34,39-44H,23-28H2,1-14H3. The van der Waals surface area contributed by atoms with Crippen molar-refractivity contribution in [2.45, 2.75) is 156 Å². The van der Waals surface area contributed by atoms with Gasteiger partial charge in [-0.2, -0.15) is 0 Å². The zero-order valence-corrected chi connectivity index (χ0v) is 46.4. The molecule has 0 aromatic heterocycles. The Balaban J connectivity index is 2.27. The summed E-state index contributed by atoms with van der Waals surface area (Å²) in [5, 5.41) is 0. The maximum atomic E-state index is 14.7. The summed E-state index contributed by atoms with van der Waals surface area (Å²) in [5.41, 5.74) is 1.24. The summed E-state index contributed by atoms with van der Waals surface area (Å²) in [6, 6.07) is 9.06. The van der Waals surface area contributed by atoms with Gasteiger partial charge >= 0.3 is 23.9 Å². The Morgan fingerprint density at radius 2 is 0.757 bits per heavy atom. The van der Waals surface area contributed by atoms with Gasteiger partial charge in [-0.15, -0.1) is 0 Å². The van der Waals surface area contributed by atoms with Crippen LogP contribution in [0.1, 0.15) is 106 Å². The zero-order valence-electron chi connectivity index (χ0n) is 43.2. The number of nitrogens with zero attached hydrogens (tertiary/aromatic N) is 4. The van der Waals surface area contributed by atoms with Crippen LogP contribution in [0.5, 0.6) is 0 Å². The van der Waals surface area contributed by atoms with Gasteiger partial charge in [-0.3, -0.25) is 19.2 Å². The van der Waals surface area contributed by atoms with Crippen LogP contribution in [-0.4, -0.2) is 144 Å². The Kier molecular flexibility index (Phi) is 23.0. The third-order valence-electron chi connectivity index (χ3n) is 12.2. The molecule has 1 heterocycles. The van der Waals surface area contributed by atoms with E-state index in [1.165, 1.54) is 42.0 Å². The fraction of sp³-hybridized carbons (Fsp3) is 0.615. The summed E-state index contributed by atoms with van der Waals surface area (Å²) in [6.45, 7) is 17.5. The molecule has 0 spiro atoms. The first-order valence-corrected chi connectivity index (χ1v) is 25.6. The van der Waals surface area contributed by atoms with Gasteiger partial charge in [0.25, 0.3) is 23.6 Å². The van der Waals surface area contributed by atoms with Crippen LogP contribution >= 0.6 is 31.9 Å². The Morgan fingerprint density at radius 1 is 0.443 bits per heavy atom. The summed E-state index contributed by atoms with van der Waals surface area (Å²) in [4.78, 5) is 120. The number of benzene rings is 2. The topological polar surface area (TPSA) is 186 Å². The number of hydrogen-bond donors (Lipinski definition) is 0. The Hall–Kier alpha value is -4.84. The van der Waals surface area contributed by atoms with Crippen molar-refractivity contribution in [3.8, 4) is 0 Å². The van der Waals surface area contributed by atoms with Gasteiger partial charge in [-0.25, -0.2) is 19.2 Å². The van der Waals surface area contributed by atoms with Crippen molar-refractivity contribution in [1.29, 1.82) is 0 Å². The number of carbonyl (C=O) groups is 8. The molecule has 3 rings (SSSR count). The van der Waals surface area contributed by atoms with Gasteiger partial charge < -0.3 is 38.5 Å². The third kappa shape index (κ3) is 16.9. The van der Waals surface area contributed by atoms with Gasteiger partial charge in [-0.1, -0.05) is 118 Å². The summed E-state index contributed by atoms with van der Waals surface area (Å²) >= 11 is 6.95. The van der Waals surface area contributed by atoms with Crippen LogP contribution in [0.4, 0.5) is 0 Å². The summed E-state index contributed by atoms with van der Waals surface area (Å²) < 4.78 is 25.3. The van der Waals surface area contributed by atoms with Crippen molar-refractivity contribution < 1.29 is 57.3 Å². The number of carbonyl (C=O) groups excluding carboxylic acids is 8. The largest absolute Gasteiger partial charge is 0.451 e. The van der Waals surface area contributed by atoms with Crippen molar-refractivity contribution in [2.24, 2.45) is 23.7 Å². The van der Waals surface area contributed by atoms with E-state index in [1.807, 2.05) is 55.4 Å². The average molecular weight is 1110 g/mol. The molecule has 2 aromatic rings. The quantitative estimate of drug-likeness (QED) is 0.154. The Labute approximate surface area is 431 Å². The molecule has 8 unspecified atom stereocenters. The minimum absolute atomic E-state index is 0.0971. The molecule has 1 fully saturated rings. The molecular formula is C52H74Br2N4O12. The maximum Gasteiger partial charge on any atom is 0.329 e. The molecule has 1 saturated heterocycles. The fourth-order valence-electron chi connectivity index (χ4n) is 8.18. The van der Waals surface area contributed by atoms with E-state index >= 15 is 0 Å². The zero-order chi connectivity index (χ0) is 52.9. The van der Waals surface area contributed by atoms with Crippen LogP contribution in [0.3, 0.4) is 0 Å². The van der Waals surface area contributed by atoms with Crippen molar-refractivity contribution in [1.82, 2.24) is 19.6 Å². The molecular weight excluding hydrogens is 1030 g/mol. The minimum Gasteiger partial charge on any atom is -0.451 e. The van der Waals surface area contributed by atoms with E-state index in [1.54, 1.807) is 48.5 Å².